The van der Waals surface area contributed by atoms with E-state index >= 15 is 0 Å². The second-order valence-electron chi connectivity index (χ2n) is 6.13. The van der Waals surface area contributed by atoms with Gasteiger partial charge in [-0.3, -0.25) is 4.79 Å². The lowest BCUT2D eigenvalue weighted by Gasteiger charge is -2.15. The summed E-state index contributed by atoms with van der Waals surface area (Å²) in [7, 11) is 1.89. The third kappa shape index (κ3) is 4.11. The average molecular weight is 374 g/mol. The third-order valence-corrected chi connectivity index (χ3v) is 5.60. The minimum Gasteiger partial charge on any atom is -0.350 e. The Morgan fingerprint density at radius 3 is 2.52 bits per heavy atom. The number of likely N-dealkylation sites (N-methyl/N-ethyl adjacent to an activating group) is 1. The molecule has 2 aromatic carbocycles. The van der Waals surface area contributed by atoms with E-state index in [0.29, 0.717) is 11.6 Å². The highest BCUT2D eigenvalue weighted by atomic mass is 35.5. The molecule has 0 aliphatic rings. The molecular formula is C19H20ClN3OS. The number of nitrogens with zero attached hydrogens (tertiary/aromatic N) is 2. The van der Waals surface area contributed by atoms with Gasteiger partial charge in [0.15, 0.2) is 5.13 Å². The first-order valence-corrected chi connectivity index (χ1v) is 9.22. The molecule has 25 heavy (non-hydrogen) atoms. The molecule has 0 saturated heterocycles. The molecule has 1 aromatic heterocycles. The van der Waals surface area contributed by atoms with Crippen molar-refractivity contribution in [2.24, 2.45) is 0 Å². The molecule has 0 fully saturated rings. The molecule has 1 heterocycles. The van der Waals surface area contributed by atoms with Crippen LogP contribution in [0.4, 0.5) is 5.13 Å². The fourth-order valence-electron chi connectivity index (χ4n) is 2.55. The van der Waals surface area contributed by atoms with E-state index in [0.717, 1.165) is 21.8 Å². The number of hydrogen-bond donors (Lipinski definition) is 1. The van der Waals surface area contributed by atoms with E-state index in [-0.39, 0.29) is 12.5 Å². The molecule has 0 atom stereocenters. The van der Waals surface area contributed by atoms with Gasteiger partial charge in [0.05, 0.1) is 16.8 Å². The van der Waals surface area contributed by atoms with Gasteiger partial charge in [-0.25, -0.2) is 4.98 Å². The van der Waals surface area contributed by atoms with E-state index in [2.05, 4.69) is 31.3 Å². The molecule has 3 rings (SSSR count). The number of amides is 1. The normalized spacial score (nSPS) is 10.9. The predicted molar refractivity (Wildman–Crippen MR) is 106 cm³/mol. The van der Waals surface area contributed by atoms with Crippen LogP contribution in [0.2, 0.25) is 5.02 Å². The van der Waals surface area contributed by atoms with Gasteiger partial charge >= 0.3 is 0 Å². The lowest BCUT2D eigenvalue weighted by molar-refractivity contribution is -0.119. The molecule has 0 spiro atoms. The smallest absolute Gasteiger partial charge is 0.239 e. The van der Waals surface area contributed by atoms with Crippen LogP contribution < -0.4 is 10.2 Å². The van der Waals surface area contributed by atoms with Crippen LogP contribution in [0.25, 0.3) is 10.2 Å². The molecule has 130 valence electrons. The summed E-state index contributed by atoms with van der Waals surface area (Å²) in [6.07, 6.45) is 0. The highest BCUT2D eigenvalue weighted by Crippen LogP contribution is 2.32. The van der Waals surface area contributed by atoms with Crippen molar-refractivity contribution in [1.82, 2.24) is 10.3 Å². The van der Waals surface area contributed by atoms with Gasteiger partial charge in [-0.1, -0.05) is 47.2 Å². The average Bonchev–Trinajstić information content (AvgIpc) is 3.05. The molecule has 6 heteroatoms. The zero-order valence-corrected chi connectivity index (χ0v) is 16.0. The Hall–Kier alpha value is -2.11. The monoisotopic (exact) mass is 373 g/mol. The quantitative estimate of drug-likeness (QED) is 0.724. The van der Waals surface area contributed by atoms with Crippen LogP contribution in [0, 0.1) is 13.8 Å². The molecule has 0 bridgehead atoms. The second-order valence-corrected chi connectivity index (χ2v) is 7.55. The van der Waals surface area contributed by atoms with E-state index < -0.39 is 0 Å². The van der Waals surface area contributed by atoms with Crippen molar-refractivity contribution in [3.63, 3.8) is 0 Å². The van der Waals surface area contributed by atoms with Crippen molar-refractivity contribution in [3.05, 3.63) is 58.1 Å². The molecule has 0 unspecified atom stereocenters. The number of carbonyl (C=O) groups is 1. The van der Waals surface area contributed by atoms with Crippen molar-refractivity contribution in [1.29, 1.82) is 0 Å². The fraction of sp³-hybridized carbons (Fsp3) is 0.263. The largest absolute Gasteiger partial charge is 0.350 e. The van der Waals surface area contributed by atoms with Crippen molar-refractivity contribution in [2.45, 2.75) is 20.4 Å². The van der Waals surface area contributed by atoms with Gasteiger partial charge in [-0.15, -0.1) is 0 Å². The first-order chi connectivity index (χ1) is 11.9. The SMILES string of the molecule is Cc1ccc(C)c2sc(N(C)CC(=O)NCc3ccc(Cl)cc3)nc12. The van der Waals surface area contributed by atoms with E-state index in [9.17, 15) is 4.79 Å². The van der Waals surface area contributed by atoms with Crippen LogP contribution in [0.5, 0.6) is 0 Å². The van der Waals surface area contributed by atoms with E-state index in [1.807, 2.05) is 36.2 Å². The summed E-state index contributed by atoms with van der Waals surface area (Å²) in [5.41, 5.74) is 4.41. The van der Waals surface area contributed by atoms with Crippen LogP contribution in [0.15, 0.2) is 36.4 Å². The number of benzene rings is 2. The standard InChI is InChI=1S/C19H20ClN3OS/c1-12-4-5-13(2)18-17(12)22-19(25-18)23(3)11-16(24)21-10-14-6-8-15(20)9-7-14/h4-9H,10-11H2,1-3H3,(H,21,24). The number of fused-ring (bicyclic) bond motifs is 1. The summed E-state index contributed by atoms with van der Waals surface area (Å²) < 4.78 is 1.18. The second kappa shape index (κ2) is 7.42. The zero-order chi connectivity index (χ0) is 18.0. The Kier molecular flexibility index (Phi) is 5.25. The first-order valence-electron chi connectivity index (χ1n) is 8.03. The highest BCUT2D eigenvalue weighted by molar-refractivity contribution is 7.22. The molecular weight excluding hydrogens is 354 g/mol. The number of halogens is 1. The Morgan fingerprint density at radius 2 is 1.84 bits per heavy atom. The summed E-state index contributed by atoms with van der Waals surface area (Å²) in [4.78, 5) is 18.8. The predicted octanol–water partition coefficient (Wildman–Crippen LogP) is 4.32. The van der Waals surface area contributed by atoms with Crippen LogP contribution in [0.1, 0.15) is 16.7 Å². The topological polar surface area (TPSA) is 45.2 Å². The number of anilines is 1. The number of nitrogens with one attached hydrogen (secondary N) is 1. The van der Waals surface area contributed by atoms with Gasteiger partial charge in [0.25, 0.3) is 0 Å². The molecule has 0 aliphatic carbocycles. The summed E-state index contributed by atoms with van der Waals surface area (Å²) in [5, 5.41) is 4.48. The van der Waals surface area contributed by atoms with Gasteiger partial charge in [0.1, 0.15) is 0 Å². The molecule has 1 amide bonds. The number of aromatic nitrogens is 1. The number of thiazole rings is 1. The van der Waals surface area contributed by atoms with Crippen molar-refractivity contribution in [2.75, 3.05) is 18.5 Å². The maximum Gasteiger partial charge on any atom is 0.239 e. The van der Waals surface area contributed by atoms with Crippen molar-refractivity contribution in [3.8, 4) is 0 Å². The van der Waals surface area contributed by atoms with Crippen molar-refractivity contribution < 1.29 is 4.79 Å². The number of rotatable bonds is 5. The number of hydrogen-bond acceptors (Lipinski definition) is 4. The van der Waals surface area contributed by atoms with Crippen LogP contribution in [0.3, 0.4) is 0 Å². The van der Waals surface area contributed by atoms with Crippen LogP contribution in [-0.2, 0) is 11.3 Å². The Bertz CT molecular complexity index is 866. The Balaban J connectivity index is 1.64. The molecule has 1 N–H and O–H groups in total. The van der Waals surface area contributed by atoms with Crippen LogP contribution >= 0.6 is 22.9 Å². The minimum absolute atomic E-state index is 0.0369. The van der Waals surface area contributed by atoms with Gasteiger partial charge in [-0.05, 0) is 42.7 Å². The molecule has 0 aliphatic heterocycles. The number of aryl methyl sites for hydroxylation is 2. The molecule has 4 nitrogen and oxygen atoms in total. The summed E-state index contributed by atoms with van der Waals surface area (Å²) >= 11 is 7.49. The Morgan fingerprint density at radius 1 is 1.16 bits per heavy atom. The summed E-state index contributed by atoms with van der Waals surface area (Å²) in [6.45, 7) is 4.90. The first kappa shape index (κ1) is 17.7. The minimum atomic E-state index is -0.0369. The zero-order valence-electron chi connectivity index (χ0n) is 14.5. The van der Waals surface area contributed by atoms with Crippen molar-refractivity contribution >= 4 is 44.2 Å². The van der Waals surface area contributed by atoms with Gasteiger partial charge in [0, 0.05) is 18.6 Å². The third-order valence-electron chi connectivity index (χ3n) is 4.04. The van der Waals surface area contributed by atoms with Gasteiger partial charge < -0.3 is 10.2 Å². The Labute approximate surface area is 156 Å². The lowest BCUT2D eigenvalue weighted by atomic mass is 10.1. The maximum absolute atomic E-state index is 12.2. The van der Waals surface area contributed by atoms with E-state index in [4.69, 9.17) is 16.6 Å². The molecule has 0 saturated carbocycles. The maximum atomic E-state index is 12.2. The van der Waals surface area contributed by atoms with Gasteiger partial charge in [-0.2, -0.15) is 0 Å². The van der Waals surface area contributed by atoms with Crippen LogP contribution in [-0.4, -0.2) is 24.5 Å². The summed E-state index contributed by atoms with van der Waals surface area (Å²) in [5.74, 6) is -0.0369. The van der Waals surface area contributed by atoms with E-state index in [1.54, 1.807) is 11.3 Å². The van der Waals surface area contributed by atoms with Gasteiger partial charge in [0.2, 0.25) is 5.91 Å². The fourth-order valence-corrected chi connectivity index (χ4v) is 3.75. The molecule has 3 aromatic rings. The van der Waals surface area contributed by atoms with E-state index in [1.165, 1.54) is 10.3 Å². The summed E-state index contributed by atoms with van der Waals surface area (Å²) in [6, 6.07) is 11.7. The highest BCUT2D eigenvalue weighted by Gasteiger charge is 2.14. The lowest BCUT2D eigenvalue weighted by Crippen LogP contribution is -2.34. The number of carbonyl (C=O) groups excluding carboxylic acids is 1. The molecule has 0 radical (unpaired) electrons.